The van der Waals surface area contributed by atoms with E-state index in [4.69, 9.17) is 33.2 Å². The molecular formula is C21H22Cl2N4. The van der Waals surface area contributed by atoms with Crippen LogP contribution in [0.1, 0.15) is 44.2 Å². The fourth-order valence-corrected chi connectivity index (χ4v) is 3.88. The van der Waals surface area contributed by atoms with Gasteiger partial charge in [-0.15, -0.1) is 0 Å². The van der Waals surface area contributed by atoms with Crippen molar-refractivity contribution in [1.29, 1.82) is 0 Å². The molecule has 0 bridgehead atoms. The molecule has 6 heteroatoms. The van der Waals surface area contributed by atoms with Gasteiger partial charge in [-0.2, -0.15) is 4.98 Å². The van der Waals surface area contributed by atoms with Gasteiger partial charge in [-0.3, -0.25) is 0 Å². The molecule has 1 saturated carbocycles. The smallest absolute Gasteiger partial charge is 0.225 e. The van der Waals surface area contributed by atoms with Gasteiger partial charge in [0, 0.05) is 11.4 Å². The summed E-state index contributed by atoms with van der Waals surface area (Å²) in [4.78, 5) is 9.48. The highest BCUT2D eigenvalue weighted by Gasteiger charge is 2.17. The van der Waals surface area contributed by atoms with Crippen LogP contribution in [0.25, 0.3) is 10.9 Å². The van der Waals surface area contributed by atoms with Gasteiger partial charge in [0.1, 0.15) is 5.82 Å². The summed E-state index contributed by atoms with van der Waals surface area (Å²) >= 11 is 12.2. The second-order valence-corrected chi connectivity index (χ2v) is 7.89. The van der Waals surface area contributed by atoms with Gasteiger partial charge in [0.15, 0.2) is 0 Å². The fourth-order valence-electron chi connectivity index (χ4n) is 3.57. The van der Waals surface area contributed by atoms with E-state index in [1.807, 2.05) is 42.5 Å². The monoisotopic (exact) mass is 400 g/mol. The highest BCUT2D eigenvalue weighted by atomic mass is 35.5. The van der Waals surface area contributed by atoms with Crippen molar-refractivity contribution >= 4 is 45.9 Å². The Morgan fingerprint density at radius 3 is 2.56 bits per heavy atom. The first-order chi connectivity index (χ1) is 13.1. The topological polar surface area (TPSA) is 49.8 Å². The molecule has 3 aromatic rings. The molecule has 1 aromatic heterocycles. The Kier molecular flexibility index (Phi) is 5.37. The molecule has 4 rings (SSSR count). The van der Waals surface area contributed by atoms with Crippen molar-refractivity contribution in [2.24, 2.45) is 0 Å². The van der Waals surface area contributed by atoms with Crippen molar-refractivity contribution < 1.29 is 0 Å². The Labute approximate surface area is 169 Å². The van der Waals surface area contributed by atoms with E-state index < -0.39 is 0 Å². The number of para-hydroxylation sites is 1. The zero-order valence-corrected chi connectivity index (χ0v) is 16.7. The summed E-state index contributed by atoms with van der Waals surface area (Å²) in [5.74, 6) is 1.50. The lowest BCUT2D eigenvalue weighted by Crippen LogP contribution is -2.18. The molecule has 1 aliphatic carbocycles. The van der Waals surface area contributed by atoms with Crippen LogP contribution in [0.2, 0.25) is 10.0 Å². The van der Waals surface area contributed by atoms with Crippen LogP contribution in [-0.2, 0) is 0 Å². The molecule has 0 radical (unpaired) electrons. The first kappa shape index (κ1) is 18.3. The van der Waals surface area contributed by atoms with E-state index in [-0.39, 0.29) is 6.04 Å². The normalized spacial score (nSPS) is 15.8. The summed E-state index contributed by atoms with van der Waals surface area (Å²) in [5, 5.41) is 9.14. The van der Waals surface area contributed by atoms with Crippen molar-refractivity contribution in [1.82, 2.24) is 9.97 Å². The second kappa shape index (κ2) is 7.91. The molecule has 1 atom stereocenters. The maximum atomic E-state index is 6.18. The minimum absolute atomic E-state index is 0.0254. The fraction of sp³-hybridized carbons (Fsp3) is 0.333. The van der Waals surface area contributed by atoms with Gasteiger partial charge in [0.2, 0.25) is 5.95 Å². The SMILES string of the molecule is CC(Nc1nc(NC2CCCC2)nc2ccccc12)c1ccc(Cl)c(Cl)c1. The van der Waals surface area contributed by atoms with Gasteiger partial charge in [-0.25, -0.2) is 4.98 Å². The predicted molar refractivity (Wildman–Crippen MR) is 114 cm³/mol. The zero-order chi connectivity index (χ0) is 18.8. The minimum atomic E-state index is 0.0254. The van der Waals surface area contributed by atoms with Crippen molar-refractivity contribution in [3.63, 3.8) is 0 Å². The highest BCUT2D eigenvalue weighted by molar-refractivity contribution is 6.42. The van der Waals surface area contributed by atoms with E-state index in [1.54, 1.807) is 0 Å². The Balaban J connectivity index is 1.65. The Hall–Kier alpha value is -2.04. The van der Waals surface area contributed by atoms with Gasteiger partial charge >= 0.3 is 0 Å². The summed E-state index contributed by atoms with van der Waals surface area (Å²) in [7, 11) is 0. The van der Waals surface area contributed by atoms with E-state index in [1.165, 1.54) is 25.7 Å². The number of hydrogen-bond acceptors (Lipinski definition) is 4. The molecule has 0 saturated heterocycles. The Morgan fingerprint density at radius 1 is 1.00 bits per heavy atom. The summed E-state index contributed by atoms with van der Waals surface area (Å²) in [6.07, 6.45) is 4.90. The number of halogens is 2. The van der Waals surface area contributed by atoms with Crippen LogP contribution in [-0.4, -0.2) is 16.0 Å². The highest BCUT2D eigenvalue weighted by Crippen LogP contribution is 2.30. The summed E-state index contributed by atoms with van der Waals surface area (Å²) in [6.45, 7) is 2.08. The number of fused-ring (bicyclic) bond motifs is 1. The van der Waals surface area contributed by atoms with E-state index in [2.05, 4.69) is 17.6 Å². The van der Waals surface area contributed by atoms with Gasteiger partial charge in [-0.1, -0.05) is 54.2 Å². The summed E-state index contributed by atoms with van der Waals surface area (Å²) in [5.41, 5.74) is 1.98. The summed E-state index contributed by atoms with van der Waals surface area (Å²) < 4.78 is 0. The number of anilines is 2. The molecule has 4 nitrogen and oxygen atoms in total. The third-order valence-corrected chi connectivity index (χ3v) is 5.83. The van der Waals surface area contributed by atoms with E-state index in [0.29, 0.717) is 22.0 Å². The van der Waals surface area contributed by atoms with Gasteiger partial charge < -0.3 is 10.6 Å². The Morgan fingerprint density at radius 2 is 1.78 bits per heavy atom. The van der Waals surface area contributed by atoms with Crippen LogP contribution >= 0.6 is 23.2 Å². The van der Waals surface area contributed by atoms with Crippen LogP contribution in [0, 0.1) is 0 Å². The van der Waals surface area contributed by atoms with Crippen molar-refractivity contribution in [2.75, 3.05) is 10.6 Å². The lowest BCUT2D eigenvalue weighted by Gasteiger charge is -2.19. The Bertz CT molecular complexity index is 954. The molecule has 0 spiro atoms. The average molecular weight is 401 g/mol. The van der Waals surface area contributed by atoms with Crippen molar-refractivity contribution in [2.45, 2.75) is 44.7 Å². The van der Waals surface area contributed by atoms with Crippen LogP contribution in [0.4, 0.5) is 11.8 Å². The molecule has 27 heavy (non-hydrogen) atoms. The molecule has 0 amide bonds. The third-order valence-electron chi connectivity index (χ3n) is 5.09. The van der Waals surface area contributed by atoms with Gasteiger partial charge in [0.05, 0.1) is 21.6 Å². The van der Waals surface area contributed by atoms with Crippen LogP contribution in [0.15, 0.2) is 42.5 Å². The molecule has 1 aliphatic rings. The van der Waals surface area contributed by atoms with Crippen LogP contribution < -0.4 is 10.6 Å². The van der Waals surface area contributed by atoms with Crippen LogP contribution in [0.5, 0.6) is 0 Å². The molecular weight excluding hydrogens is 379 g/mol. The standard InChI is InChI=1S/C21H22Cl2N4/c1-13(14-10-11-17(22)18(23)12-14)24-20-16-8-4-5-9-19(16)26-21(27-20)25-15-6-2-3-7-15/h4-5,8-13,15H,2-3,6-7H2,1H3,(H2,24,25,26,27). The number of benzene rings is 2. The predicted octanol–water partition coefficient (Wildman–Crippen LogP) is 6.46. The number of nitrogens with one attached hydrogen (secondary N) is 2. The first-order valence-electron chi connectivity index (χ1n) is 9.35. The van der Waals surface area contributed by atoms with Crippen molar-refractivity contribution in [3.8, 4) is 0 Å². The molecule has 140 valence electrons. The van der Waals surface area contributed by atoms with Gasteiger partial charge in [0.25, 0.3) is 0 Å². The zero-order valence-electron chi connectivity index (χ0n) is 15.2. The molecule has 1 unspecified atom stereocenters. The maximum Gasteiger partial charge on any atom is 0.225 e. The lowest BCUT2D eigenvalue weighted by atomic mass is 10.1. The maximum absolute atomic E-state index is 6.18. The van der Waals surface area contributed by atoms with Crippen molar-refractivity contribution in [3.05, 3.63) is 58.1 Å². The molecule has 0 aliphatic heterocycles. The van der Waals surface area contributed by atoms with E-state index in [9.17, 15) is 0 Å². The van der Waals surface area contributed by atoms with E-state index >= 15 is 0 Å². The summed E-state index contributed by atoms with van der Waals surface area (Å²) in [6, 6.07) is 14.2. The number of aromatic nitrogens is 2. The molecule has 1 heterocycles. The molecule has 2 N–H and O–H groups in total. The number of hydrogen-bond donors (Lipinski definition) is 2. The minimum Gasteiger partial charge on any atom is -0.363 e. The number of rotatable bonds is 5. The quantitative estimate of drug-likeness (QED) is 0.515. The average Bonchev–Trinajstić information content (AvgIpc) is 3.17. The van der Waals surface area contributed by atoms with Crippen LogP contribution in [0.3, 0.4) is 0 Å². The number of nitrogens with zero attached hydrogens (tertiary/aromatic N) is 2. The molecule has 2 aromatic carbocycles. The molecule has 1 fully saturated rings. The lowest BCUT2D eigenvalue weighted by molar-refractivity contribution is 0.745. The first-order valence-corrected chi connectivity index (χ1v) is 10.1. The largest absolute Gasteiger partial charge is 0.363 e. The second-order valence-electron chi connectivity index (χ2n) is 7.08. The van der Waals surface area contributed by atoms with E-state index in [0.717, 1.165) is 22.3 Å². The third kappa shape index (κ3) is 4.12. The van der Waals surface area contributed by atoms with Gasteiger partial charge in [-0.05, 0) is 49.6 Å².